The van der Waals surface area contributed by atoms with Crippen molar-refractivity contribution in [2.45, 2.75) is 12.8 Å². The van der Waals surface area contributed by atoms with Crippen LogP contribution in [0, 0.1) is 0 Å². The highest BCUT2D eigenvalue weighted by Crippen LogP contribution is 2.22. The molecule has 0 saturated carbocycles. The Morgan fingerprint density at radius 1 is 1.24 bits per heavy atom. The van der Waals surface area contributed by atoms with Gasteiger partial charge in [-0.2, -0.15) is 11.3 Å². The largest absolute Gasteiger partial charge is 0.294 e. The molecule has 17 heavy (non-hydrogen) atoms. The molecule has 0 aliphatic carbocycles. The van der Waals surface area contributed by atoms with Gasteiger partial charge in [0, 0.05) is 17.0 Å². The van der Waals surface area contributed by atoms with Crippen LogP contribution in [0.5, 0.6) is 0 Å². The first-order chi connectivity index (χ1) is 8.16. The highest BCUT2D eigenvalue weighted by molar-refractivity contribution is 7.07. The van der Waals surface area contributed by atoms with Crippen molar-refractivity contribution in [3.63, 3.8) is 0 Å². The van der Waals surface area contributed by atoms with E-state index in [1.165, 1.54) is 5.56 Å². The van der Waals surface area contributed by atoms with Crippen LogP contribution in [-0.2, 0) is 6.42 Å². The quantitative estimate of drug-likeness (QED) is 0.732. The predicted octanol–water partition coefficient (Wildman–Crippen LogP) is 4.87. The Kier molecular flexibility index (Phi) is 4.21. The summed E-state index contributed by atoms with van der Waals surface area (Å²) in [4.78, 5) is 11.9. The molecule has 0 atom stereocenters. The number of carbonyl (C=O) groups excluding carboxylic acids is 1. The Morgan fingerprint density at radius 3 is 2.71 bits per heavy atom. The van der Waals surface area contributed by atoms with Crippen molar-refractivity contribution in [2.24, 2.45) is 0 Å². The first-order valence-corrected chi connectivity index (χ1v) is 6.86. The molecule has 1 aromatic carbocycles. The number of aryl methyl sites for hydroxylation is 1. The topological polar surface area (TPSA) is 17.1 Å². The minimum absolute atomic E-state index is 0.0536. The van der Waals surface area contributed by atoms with Crippen LogP contribution in [-0.4, -0.2) is 5.78 Å². The van der Waals surface area contributed by atoms with Gasteiger partial charge in [0.2, 0.25) is 0 Å². The van der Waals surface area contributed by atoms with Gasteiger partial charge in [0.1, 0.15) is 0 Å². The number of hydrogen-bond acceptors (Lipinski definition) is 2. The van der Waals surface area contributed by atoms with Crippen molar-refractivity contribution < 1.29 is 4.79 Å². The molecule has 2 rings (SSSR count). The Hall–Kier alpha value is -0.830. The molecule has 88 valence electrons. The molecule has 1 nitrogen and oxygen atoms in total. The Morgan fingerprint density at radius 2 is 2.06 bits per heavy atom. The summed E-state index contributed by atoms with van der Waals surface area (Å²) in [6.45, 7) is 0. The summed E-state index contributed by atoms with van der Waals surface area (Å²) >= 11 is 13.4. The molecule has 0 aliphatic rings. The fourth-order valence-electron chi connectivity index (χ4n) is 1.54. The maximum atomic E-state index is 11.9. The molecule has 4 heteroatoms. The molecule has 0 unspecified atom stereocenters. The summed E-state index contributed by atoms with van der Waals surface area (Å²) in [6, 6.07) is 6.99. The van der Waals surface area contributed by atoms with Crippen LogP contribution < -0.4 is 0 Å². The van der Waals surface area contributed by atoms with E-state index in [9.17, 15) is 4.79 Å². The zero-order valence-electron chi connectivity index (χ0n) is 8.95. The molecule has 1 aromatic heterocycles. The van der Waals surface area contributed by atoms with E-state index in [1.807, 2.05) is 11.4 Å². The predicted molar refractivity (Wildman–Crippen MR) is 73.4 cm³/mol. The zero-order chi connectivity index (χ0) is 12.3. The normalized spacial score (nSPS) is 10.5. The molecule has 0 N–H and O–H groups in total. The second-order valence-electron chi connectivity index (χ2n) is 3.68. The maximum Gasteiger partial charge on any atom is 0.164 e. The third kappa shape index (κ3) is 3.32. The molecule has 0 bridgehead atoms. The van der Waals surface area contributed by atoms with E-state index in [0.717, 1.165) is 6.42 Å². The number of thiophene rings is 1. The Balaban J connectivity index is 2.04. The summed E-state index contributed by atoms with van der Waals surface area (Å²) < 4.78 is 0. The molecule has 0 fully saturated rings. The molecule has 0 radical (unpaired) electrons. The number of carbonyl (C=O) groups is 1. The van der Waals surface area contributed by atoms with Gasteiger partial charge in [-0.15, -0.1) is 0 Å². The smallest absolute Gasteiger partial charge is 0.164 e. The standard InChI is InChI=1S/C13H10Cl2OS/c14-10-2-3-11(12(15)7-10)13(16)4-1-9-5-6-17-8-9/h2-3,5-8H,1,4H2. The van der Waals surface area contributed by atoms with Gasteiger partial charge >= 0.3 is 0 Å². The number of ketones is 1. The van der Waals surface area contributed by atoms with Crippen LogP contribution in [0.15, 0.2) is 35.0 Å². The van der Waals surface area contributed by atoms with E-state index in [-0.39, 0.29) is 5.78 Å². The van der Waals surface area contributed by atoms with Gasteiger partial charge in [-0.1, -0.05) is 23.2 Å². The van der Waals surface area contributed by atoms with Crippen LogP contribution in [0.25, 0.3) is 0 Å². The van der Waals surface area contributed by atoms with Crippen LogP contribution >= 0.6 is 34.5 Å². The highest BCUT2D eigenvalue weighted by atomic mass is 35.5. The van der Waals surface area contributed by atoms with Crippen molar-refractivity contribution in [1.82, 2.24) is 0 Å². The van der Waals surface area contributed by atoms with Crippen molar-refractivity contribution in [1.29, 1.82) is 0 Å². The molecule has 0 amide bonds. The number of halogens is 2. The summed E-state index contributed by atoms with van der Waals surface area (Å²) in [5, 5.41) is 5.03. The second-order valence-corrected chi connectivity index (χ2v) is 5.30. The zero-order valence-corrected chi connectivity index (χ0v) is 11.3. The number of Topliss-reactive ketones (excluding diaryl/α,β-unsaturated/α-hetero) is 1. The lowest BCUT2D eigenvalue weighted by Crippen LogP contribution is -2.01. The molecule has 1 heterocycles. The van der Waals surface area contributed by atoms with Crippen molar-refractivity contribution >= 4 is 40.3 Å². The fourth-order valence-corrected chi connectivity index (χ4v) is 2.76. The third-order valence-electron chi connectivity index (χ3n) is 2.45. The molecule has 0 saturated heterocycles. The summed E-state index contributed by atoms with van der Waals surface area (Å²) in [6.07, 6.45) is 1.22. The lowest BCUT2D eigenvalue weighted by molar-refractivity contribution is 0.0983. The lowest BCUT2D eigenvalue weighted by atomic mass is 10.0. The monoisotopic (exact) mass is 284 g/mol. The average molecular weight is 285 g/mol. The SMILES string of the molecule is O=C(CCc1ccsc1)c1ccc(Cl)cc1Cl. The minimum Gasteiger partial charge on any atom is -0.294 e. The van der Waals surface area contributed by atoms with Crippen molar-refractivity contribution in [3.8, 4) is 0 Å². The molecular formula is C13H10Cl2OS. The van der Waals surface area contributed by atoms with Gasteiger partial charge in [-0.05, 0) is 47.0 Å². The third-order valence-corrected chi connectivity index (χ3v) is 3.73. The van der Waals surface area contributed by atoms with Crippen LogP contribution in [0.3, 0.4) is 0 Å². The van der Waals surface area contributed by atoms with Gasteiger partial charge in [0.15, 0.2) is 5.78 Å². The number of rotatable bonds is 4. The first kappa shape index (κ1) is 12.6. The number of hydrogen-bond donors (Lipinski definition) is 0. The van der Waals surface area contributed by atoms with E-state index < -0.39 is 0 Å². The van der Waals surface area contributed by atoms with Crippen molar-refractivity contribution in [2.75, 3.05) is 0 Å². The van der Waals surface area contributed by atoms with E-state index in [1.54, 1.807) is 29.5 Å². The molecule has 0 aliphatic heterocycles. The first-order valence-electron chi connectivity index (χ1n) is 5.16. The molecule has 0 spiro atoms. The highest BCUT2D eigenvalue weighted by Gasteiger charge is 2.10. The summed E-state index contributed by atoms with van der Waals surface area (Å²) in [5.74, 6) is 0.0536. The van der Waals surface area contributed by atoms with Gasteiger partial charge < -0.3 is 0 Å². The van der Waals surface area contributed by atoms with Gasteiger partial charge in [-0.25, -0.2) is 0 Å². The van der Waals surface area contributed by atoms with Gasteiger partial charge in [0.05, 0.1) is 5.02 Å². The maximum absolute atomic E-state index is 11.9. The van der Waals surface area contributed by atoms with Crippen LogP contribution in [0.1, 0.15) is 22.3 Å². The average Bonchev–Trinajstić information content (AvgIpc) is 2.78. The van der Waals surface area contributed by atoms with Crippen LogP contribution in [0.4, 0.5) is 0 Å². The molecular weight excluding hydrogens is 275 g/mol. The number of benzene rings is 1. The minimum atomic E-state index is 0.0536. The van der Waals surface area contributed by atoms with E-state index >= 15 is 0 Å². The van der Waals surface area contributed by atoms with Gasteiger partial charge in [-0.3, -0.25) is 4.79 Å². The van der Waals surface area contributed by atoms with Crippen molar-refractivity contribution in [3.05, 3.63) is 56.2 Å². The Labute approximate surface area is 114 Å². The summed E-state index contributed by atoms with van der Waals surface area (Å²) in [5.41, 5.74) is 1.74. The van der Waals surface area contributed by atoms with Gasteiger partial charge in [0.25, 0.3) is 0 Å². The lowest BCUT2D eigenvalue weighted by Gasteiger charge is -2.03. The molecule has 2 aromatic rings. The fraction of sp³-hybridized carbons (Fsp3) is 0.154. The van der Waals surface area contributed by atoms with Crippen LogP contribution in [0.2, 0.25) is 10.0 Å². The summed E-state index contributed by atoms with van der Waals surface area (Å²) in [7, 11) is 0. The van der Waals surface area contributed by atoms with E-state index in [4.69, 9.17) is 23.2 Å². The second kappa shape index (κ2) is 5.67. The van der Waals surface area contributed by atoms with E-state index in [2.05, 4.69) is 5.38 Å². The van der Waals surface area contributed by atoms with E-state index in [0.29, 0.717) is 22.0 Å². The Bertz CT molecular complexity index is 520.